The number of rotatable bonds is 12. The summed E-state index contributed by atoms with van der Waals surface area (Å²) in [5.74, 6) is 0.421. The zero-order chi connectivity index (χ0) is 18.1. The Kier molecular flexibility index (Phi) is 9.01. The van der Waals surface area contributed by atoms with Gasteiger partial charge in [0.15, 0.2) is 5.96 Å². The van der Waals surface area contributed by atoms with E-state index in [4.69, 9.17) is 10.1 Å². The zero-order valence-electron chi connectivity index (χ0n) is 15.4. The summed E-state index contributed by atoms with van der Waals surface area (Å²) >= 11 is 0. The monoisotopic (exact) mass is 362 g/mol. The van der Waals surface area contributed by atoms with Gasteiger partial charge in [-0.1, -0.05) is 26.7 Å². The molecule has 0 amide bonds. The van der Waals surface area contributed by atoms with Gasteiger partial charge in [0, 0.05) is 13.1 Å². The van der Waals surface area contributed by atoms with Crippen LogP contribution in [0.3, 0.4) is 0 Å². The molecule has 1 rings (SSSR count). The Morgan fingerprint density at radius 3 is 2.33 bits per heavy atom. The molecule has 0 aliphatic carbocycles. The van der Waals surface area contributed by atoms with Crippen LogP contribution in [0.4, 0.5) is 0 Å². The SMILES string of the molecule is CCCCC1(CCCC)NC(=N)N(CCCCNS(C)(=O)=O)CO1. The van der Waals surface area contributed by atoms with Crippen LogP contribution in [0.15, 0.2) is 0 Å². The van der Waals surface area contributed by atoms with Gasteiger partial charge in [-0.25, -0.2) is 13.1 Å². The molecular weight excluding hydrogens is 328 g/mol. The predicted molar refractivity (Wildman–Crippen MR) is 97.4 cm³/mol. The van der Waals surface area contributed by atoms with Crippen molar-refractivity contribution in [3.63, 3.8) is 0 Å². The highest BCUT2D eigenvalue weighted by atomic mass is 32.2. The molecule has 1 aliphatic rings. The van der Waals surface area contributed by atoms with Crippen LogP contribution in [-0.2, 0) is 14.8 Å². The van der Waals surface area contributed by atoms with Crippen molar-refractivity contribution in [1.82, 2.24) is 14.9 Å². The molecule has 1 fully saturated rings. The standard InChI is InChI=1S/C16H34N4O3S/c1-4-6-10-16(11-7-5-2)19-15(17)20(14-23-16)13-9-8-12-18-24(3,21)22/h18H,4-14H2,1-3H3,(H2,17,19). The van der Waals surface area contributed by atoms with E-state index in [-0.39, 0.29) is 0 Å². The second-order valence-electron chi connectivity index (χ2n) is 6.59. The van der Waals surface area contributed by atoms with Crippen LogP contribution in [0.2, 0.25) is 0 Å². The Morgan fingerprint density at radius 2 is 1.83 bits per heavy atom. The Bertz CT molecular complexity index is 474. The Labute approximate surface area is 147 Å². The molecule has 1 saturated heterocycles. The fourth-order valence-corrected chi connectivity index (χ4v) is 3.29. The highest BCUT2D eigenvalue weighted by Gasteiger charge is 2.36. The third kappa shape index (κ3) is 7.81. The molecule has 0 atom stereocenters. The molecule has 0 aromatic carbocycles. The number of nitrogens with one attached hydrogen (secondary N) is 3. The highest BCUT2D eigenvalue weighted by molar-refractivity contribution is 7.88. The van der Waals surface area contributed by atoms with Crippen molar-refractivity contribution in [2.45, 2.75) is 70.9 Å². The van der Waals surface area contributed by atoms with Gasteiger partial charge in [-0.3, -0.25) is 5.41 Å². The summed E-state index contributed by atoms with van der Waals surface area (Å²) in [7, 11) is -3.12. The second-order valence-corrected chi connectivity index (χ2v) is 8.42. The minimum atomic E-state index is -3.12. The molecule has 0 radical (unpaired) electrons. The molecule has 0 saturated carbocycles. The quantitative estimate of drug-likeness (QED) is 0.463. The molecule has 1 aliphatic heterocycles. The second kappa shape index (κ2) is 10.2. The lowest BCUT2D eigenvalue weighted by Gasteiger charge is -2.44. The first kappa shape index (κ1) is 21.2. The maximum atomic E-state index is 11.0. The van der Waals surface area contributed by atoms with Crippen molar-refractivity contribution in [3.8, 4) is 0 Å². The summed E-state index contributed by atoms with van der Waals surface area (Å²) < 4.78 is 30.6. The van der Waals surface area contributed by atoms with Crippen LogP contribution < -0.4 is 10.0 Å². The maximum Gasteiger partial charge on any atom is 0.208 e. The van der Waals surface area contributed by atoms with Gasteiger partial charge in [0.05, 0.1) is 6.26 Å². The number of hydrogen-bond acceptors (Lipinski definition) is 4. The van der Waals surface area contributed by atoms with Crippen molar-refractivity contribution in [3.05, 3.63) is 0 Å². The molecule has 0 bridgehead atoms. The molecule has 24 heavy (non-hydrogen) atoms. The first-order valence-corrected chi connectivity index (χ1v) is 10.9. The van der Waals surface area contributed by atoms with E-state index in [9.17, 15) is 8.42 Å². The molecule has 0 unspecified atom stereocenters. The van der Waals surface area contributed by atoms with E-state index < -0.39 is 15.7 Å². The molecule has 1 heterocycles. The largest absolute Gasteiger partial charge is 0.335 e. The average molecular weight is 363 g/mol. The van der Waals surface area contributed by atoms with E-state index in [0.29, 0.717) is 25.8 Å². The van der Waals surface area contributed by atoms with Crippen LogP contribution in [0.25, 0.3) is 0 Å². The molecule has 7 nitrogen and oxygen atoms in total. The van der Waals surface area contributed by atoms with Gasteiger partial charge in [-0.05, 0) is 38.5 Å². The molecule has 8 heteroatoms. The Morgan fingerprint density at radius 1 is 1.21 bits per heavy atom. The molecular formula is C16H34N4O3S. The molecule has 3 N–H and O–H groups in total. The predicted octanol–water partition coefficient (Wildman–Crippen LogP) is 2.21. The van der Waals surface area contributed by atoms with Gasteiger partial charge < -0.3 is 15.0 Å². The summed E-state index contributed by atoms with van der Waals surface area (Å²) in [4.78, 5) is 1.87. The Balaban J connectivity index is 2.40. The lowest BCUT2D eigenvalue weighted by Crippen LogP contribution is -2.61. The van der Waals surface area contributed by atoms with Crippen molar-refractivity contribution in [2.24, 2.45) is 0 Å². The summed E-state index contributed by atoms with van der Waals surface area (Å²) in [5, 5.41) is 11.6. The third-order valence-corrected chi connectivity index (χ3v) is 4.98. The van der Waals surface area contributed by atoms with Gasteiger partial charge in [0.1, 0.15) is 12.5 Å². The number of ether oxygens (including phenoxy) is 1. The smallest absolute Gasteiger partial charge is 0.208 e. The maximum absolute atomic E-state index is 11.0. The summed E-state index contributed by atoms with van der Waals surface area (Å²) in [6, 6.07) is 0. The number of nitrogens with zero attached hydrogens (tertiary/aromatic N) is 1. The van der Waals surface area contributed by atoms with Crippen molar-refractivity contribution < 1.29 is 13.2 Å². The zero-order valence-corrected chi connectivity index (χ0v) is 16.2. The van der Waals surface area contributed by atoms with Gasteiger partial charge >= 0.3 is 0 Å². The first-order valence-electron chi connectivity index (χ1n) is 9.02. The minimum Gasteiger partial charge on any atom is -0.335 e. The van der Waals surface area contributed by atoms with E-state index in [0.717, 1.165) is 57.6 Å². The van der Waals surface area contributed by atoms with E-state index in [1.54, 1.807) is 0 Å². The minimum absolute atomic E-state index is 0.391. The van der Waals surface area contributed by atoms with E-state index in [1.165, 1.54) is 0 Å². The van der Waals surface area contributed by atoms with Crippen molar-refractivity contribution in [2.75, 3.05) is 26.1 Å². The van der Waals surface area contributed by atoms with Gasteiger partial charge in [0.2, 0.25) is 10.0 Å². The number of guanidine groups is 1. The third-order valence-electron chi connectivity index (χ3n) is 4.25. The van der Waals surface area contributed by atoms with E-state index >= 15 is 0 Å². The molecule has 0 aromatic heterocycles. The number of sulfonamides is 1. The van der Waals surface area contributed by atoms with Crippen LogP contribution in [0, 0.1) is 5.41 Å². The molecule has 142 valence electrons. The average Bonchev–Trinajstić information content (AvgIpc) is 2.51. The normalized spacial score (nSPS) is 17.8. The van der Waals surface area contributed by atoms with Crippen LogP contribution in [-0.4, -0.2) is 51.1 Å². The highest BCUT2D eigenvalue weighted by Crippen LogP contribution is 2.26. The fourth-order valence-electron chi connectivity index (χ4n) is 2.78. The lowest BCUT2D eigenvalue weighted by atomic mass is 9.98. The van der Waals surface area contributed by atoms with Gasteiger partial charge in [0.25, 0.3) is 0 Å². The topological polar surface area (TPSA) is 94.5 Å². The van der Waals surface area contributed by atoms with Crippen molar-refractivity contribution >= 4 is 16.0 Å². The van der Waals surface area contributed by atoms with Crippen LogP contribution in [0.5, 0.6) is 0 Å². The summed E-state index contributed by atoms with van der Waals surface area (Å²) in [6.07, 6.45) is 8.97. The van der Waals surface area contributed by atoms with Crippen LogP contribution in [0.1, 0.15) is 65.2 Å². The summed E-state index contributed by atoms with van der Waals surface area (Å²) in [6.45, 7) is 5.88. The van der Waals surface area contributed by atoms with E-state index in [2.05, 4.69) is 23.9 Å². The molecule has 0 spiro atoms. The van der Waals surface area contributed by atoms with Gasteiger partial charge in [-0.2, -0.15) is 0 Å². The van der Waals surface area contributed by atoms with Crippen molar-refractivity contribution in [1.29, 1.82) is 5.41 Å². The molecule has 0 aromatic rings. The van der Waals surface area contributed by atoms with Crippen LogP contribution >= 0.6 is 0 Å². The fraction of sp³-hybridized carbons (Fsp3) is 0.938. The summed E-state index contributed by atoms with van der Waals surface area (Å²) in [5.41, 5.74) is -0.391. The van der Waals surface area contributed by atoms with Gasteiger partial charge in [-0.15, -0.1) is 0 Å². The first-order chi connectivity index (χ1) is 11.3. The lowest BCUT2D eigenvalue weighted by molar-refractivity contribution is -0.124. The number of unbranched alkanes of at least 4 members (excludes halogenated alkanes) is 3. The number of hydrogen-bond donors (Lipinski definition) is 3. The Hall–Kier alpha value is -0.860. The van der Waals surface area contributed by atoms with E-state index in [1.807, 2.05) is 4.90 Å².